The molecule has 0 aromatic carbocycles. The molecule has 1 aromatic heterocycles. The highest BCUT2D eigenvalue weighted by Crippen LogP contribution is 2.31. The zero-order valence-corrected chi connectivity index (χ0v) is 11.6. The third-order valence-corrected chi connectivity index (χ3v) is 3.26. The number of hydrogen-bond acceptors (Lipinski definition) is 4. The molecule has 0 amide bonds. The summed E-state index contributed by atoms with van der Waals surface area (Å²) in [5.74, 6) is -0.0329. The molecular formula is C13H19F3N4. The highest BCUT2D eigenvalue weighted by Gasteiger charge is 2.36. The van der Waals surface area contributed by atoms with Crippen molar-refractivity contribution in [3.05, 3.63) is 11.9 Å². The standard InChI is InChI=1S/C13H19F3N4/c1-3-4-17-10-7-11(18-9-5-8(2)6-9)20-12(19-10)13(14,15)16/h7-9H,3-6H2,1-2H3,(H2,17,18,19,20). The van der Waals surface area contributed by atoms with E-state index < -0.39 is 12.0 Å². The molecule has 7 heteroatoms. The minimum absolute atomic E-state index is 0.208. The summed E-state index contributed by atoms with van der Waals surface area (Å²) in [5.41, 5.74) is 0. The van der Waals surface area contributed by atoms with E-state index in [2.05, 4.69) is 27.5 Å². The summed E-state index contributed by atoms with van der Waals surface area (Å²) in [7, 11) is 0. The van der Waals surface area contributed by atoms with Crippen LogP contribution in [0.2, 0.25) is 0 Å². The van der Waals surface area contributed by atoms with Gasteiger partial charge in [0.2, 0.25) is 5.82 Å². The molecule has 0 aliphatic heterocycles. The number of aromatic nitrogens is 2. The molecule has 1 heterocycles. The quantitative estimate of drug-likeness (QED) is 0.870. The second-order valence-electron chi connectivity index (χ2n) is 5.30. The van der Waals surface area contributed by atoms with Crippen molar-refractivity contribution in [1.29, 1.82) is 0 Å². The lowest BCUT2D eigenvalue weighted by molar-refractivity contribution is -0.144. The fourth-order valence-corrected chi connectivity index (χ4v) is 2.22. The molecule has 112 valence electrons. The lowest BCUT2D eigenvalue weighted by atomic mass is 9.82. The molecule has 2 N–H and O–H groups in total. The Morgan fingerprint density at radius 3 is 2.45 bits per heavy atom. The number of anilines is 2. The van der Waals surface area contributed by atoms with Crippen LogP contribution in [0, 0.1) is 5.92 Å². The van der Waals surface area contributed by atoms with Gasteiger partial charge in [-0.2, -0.15) is 13.2 Å². The van der Waals surface area contributed by atoms with E-state index in [9.17, 15) is 13.2 Å². The number of halogens is 3. The van der Waals surface area contributed by atoms with Gasteiger partial charge in [-0.05, 0) is 25.2 Å². The Kier molecular flexibility index (Phi) is 4.35. The average molecular weight is 288 g/mol. The Morgan fingerprint density at radius 2 is 1.90 bits per heavy atom. The molecule has 0 spiro atoms. The van der Waals surface area contributed by atoms with Crippen LogP contribution in [0.4, 0.5) is 24.8 Å². The van der Waals surface area contributed by atoms with Gasteiger partial charge in [0, 0.05) is 18.7 Å². The van der Waals surface area contributed by atoms with E-state index in [0.717, 1.165) is 19.3 Å². The van der Waals surface area contributed by atoms with Gasteiger partial charge >= 0.3 is 6.18 Å². The summed E-state index contributed by atoms with van der Waals surface area (Å²) in [5, 5.41) is 5.92. The summed E-state index contributed by atoms with van der Waals surface area (Å²) in [4.78, 5) is 7.09. The van der Waals surface area contributed by atoms with E-state index >= 15 is 0 Å². The van der Waals surface area contributed by atoms with Crippen LogP contribution in [0.25, 0.3) is 0 Å². The van der Waals surface area contributed by atoms with Gasteiger partial charge in [-0.15, -0.1) is 0 Å². The Balaban J connectivity index is 2.16. The van der Waals surface area contributed by atoms with Crippen molar-refractivity contribution in [3.8, 4) is 0 Å². The summed E-state index contributed by atoms with van der Waals surface area (Å²) in [6, 6.07) is 1.74. The maximum absolute atomic E-state index is 12.8. The van der Waals surface area contributed by atoms with Crippen molar-refractivity contribution in [1.82, 2.24) is 9.97 Å². The first-order valence-electron chi connectivity index (χ1n) is 6.85. The zero-order chi connectivity index (χ0) is 14.8. The zero-order valence-electron chi connectivity index (χ0n) is 11.6. The molecule has 0 saturated heterocycles. The SMILES string of the molecule is CCCNc1cc(NC2CC(C)C2)nc(C(F)(F)F)n1. The number of alkyl halides is 3. The van der Waals surface area contributed by atoms with Crippen LogP contribution in [-0.4, -0.2) is 22.6 Å². The molecule has 4 nitrogen and oxygen atoms in total. The van der Waals surface area contributed by atoms with Gasteiger partial charge in [-0.1, -0.05) is 13.8 Å². The molecule has 1 aliphatic carbocycles. The Morgan fingerprint density at radius 1 is 1.25 bits per heavy atom. The average Bonchev–Trinajstić information content (AvgIpc) is 2.33. The highest BCUT2D eigenvalue weighted by atomic mass is 19.4. The van der Waals surface area contributed by atoms with Crippen LogP contribution < -0.4 is 10.6 Å². The number of nitrogens with zero attached hydrogens (tertiary/aromatic N) is 2. The van der Waals surface area contributed by atoms with Crippen LogP contribution in [0.15, 0.2) is 6.07 Å². The Bertz CT molecular complexity index is 455. The van der Waals surface area contributed by atoms with Gasteiger partial charge in [0.1, 0.15) is 11.6 Å². The monoisotopic (exact) mass is 288 g/mol. The number of nitrogens with one attached hydrogen (secondary N) is 2. The summed E-state index contributed by atoms with van der Waals surface area (Å²) in [6.45, 7) is 4.63. The molecule has 20 heavy (non-hydrogen) atoms. The van der Waals surface area contributed by atoms with Crippen LogP contribution in [0.1, 0.15) is 38.9 Å². The second-order valence-corrected chi connectivity index (χ2v) is 5.30. The minimum atomic E-state index is -4.53. The normalized spacial score (nSPS) is 22.2. The van der Waals surface area contributed by atoms with Gasteiger partial charge in [0.15, 0.2) is 0 Å². The molecule has 1 saturated carbocycles. The first-order chi connectivity index (χ1) is 9.38. The maximum Gasteiger partial charge on any atom is 0.451 e. The van der Waals surface area contributed by atoms with Crippen molar-refractivity contribution in [2.45, 2.75) is 45.3 Å². The van der Waals surface area contributed by atoms with Crippen molar-refractivity contribution < 1.29 is 13.2 Å². The van der Waals surface area contributed by atoms with Crippen LogP contribution in [0.3, 0.4) is 0 Å². The fraction of sp³-hybridized carbons (Fsp3) is 0.692. The van der Waals surface area contributed by atoms with Crippen LogP contribution in [-0.2, 0) is 6.18 Å². The van der Waals surface area contributed by atoms with E-state index in [1.54, 1.807) is 0 Å². The van der Waals surface area contributed by atoms with Gasteiger partial charge < -0.3 is 10.6 Å². The summed E-state index contributed by atoms with van der Waals surface area (Å²) in [6.07, 6.45) is -1.80. The van der Waals surface area contributed by atoms with Crippen LogP contribution >= 0.6 is 0 Å². The van der Waals surface area contributed by atoms with E-state index in [1.165, 1.54) is 6.07 Å². The van der Waals surface area contributed by atoms with Gasteiger partial charge in [0.25, 0.3) is 0 Å². The molecule has 0 atom stereocenters. The topological polar surface area (TPSA) is 49.8 Å². The smallest absolute Gasteiger partial charge is 0.370 e. The van der Waals surface area contributed by atoms with E-state index in [4.69, 9.17) is 0 Å². The Hall–Kier alpha value is -1.53. The molecule has 1 aliphatic rings. The first kappa shape index (κ1) is 14.9. The predicted molar refractivity (Wildman–Crippen MR) is 71.6 cm³/mol. The molecule has 0 unspecified atom stereocenters. The largest absolute Gasteiger partial charge is 0.451 e. The molecule has 1 aromatic rings. The van der Waals surface area contributed by atoms with Crippen molar-refractivity contribution in [2.24, 2.45) is 5.92 Å². The second kappa shape index (κ2) is 5.85. The molecule has 1 fully saturated rings. The van der Waals surface area contributed by atoms with Crippen molar-refractivity contribution in [2.75, 3.05) is 17.2 Å². The van der Waals surface area contributed by atoms with E-state index in [-0.39, 0.29) is 17.7 Å². The van der Waals surface area contributed by atoms with E-state index in [1.807, 2.05) is 6.92 Å². The van der Waals surface area contributed by atoms with Gasteiger partial charge in [-0.3, -0.25) is 0 Å². The third-order valence-electron chi connectivity index (χ3n) is 3.26. The molecular weight excluding hydrogens is 269 g/mol. The maximum atomic E-state index is 12.8. The molecule has 0 bridgehead atoms. The summed E-state index contributed by atoms with van der Waals surface area (Å²) < 4.78 is 38.4. The lowest BCUT2D eigenvalue weighted by Gasteiger charge is -2.33. The third kappa shape index (κ3) is 3.74. The molecule has 2 rings (SSSR count). The van der Waals surface area contributed by atoms with Crippen molar-refractivity contribution in [3.63, 3.8) is 0 Å². The van der Waals surface area contributed by atoms with Gasteiger partial charge in [0.05, 0.1) is 0 Å². The predicted octanol–water partition coefficient (Wildman–Crippen LogP) is 3.53. The summed E-state index contributed by atoms with van der Waals surface area (Å²) >= 11 is 0. The number of hydrogen-bond donors (Lipinski definition) is 2. The fourth-order valence-electron chi connectivity index (χ4n) is 2.22. The Labute approximate surface area is 116 Å². The highest BCUT2D eigenvalue weighted by molar-refractivity contribution is 5.48. The van der Waals surface area contributed by atoms with Crippen LogP contribution in [0.5, 0.6) is 0 Å². The number of rotatable bonds is 5. The minimum Gasteiger partial charge on any atom is -0.370 e. The van der Waals surface area contributed by atoms with E-state index in [0.29, 0.717) is 12.5 Å². The van der Waals surface area contributed by atoms with Gasteiger partial charge in [-0.25, -0.2) is 9.97 Å². The van der Waals surface area contributed by atoms with Crippen molar-refractivity contribution >= 4 is 11.6 Å². The molecule has 0 radical (unpaired) electrons. The lowest BCUT2D eigenvalue weighted by Crippen LogP contribution is -2.34. The first-order valence-corrected chi connectivity index (χ1v) is 6.85.